The van der Waals surface area contributed by atoms with Crippen molar-refractivity contribution < 1.29 is 9.18 Å². The lowest BCUT2D eigenvalue weighted by atomic mass is 9.92. The Hall–Kier alpha value is -1.47. The highest BCUT2D eigenvalue weighted by atomic mass is 79.9. The van der Waals surface area contributed by atoms with Crippen LogP contribution in [0.3, 0.4) is 0 Å². The van der Waals surface area contributed by atoms with Crippen molar-refractivity contribution in [1.82, 2.24) is 9.88 Å². The summed E-state index contributed by atoms with van der Waals surface area (Å²) in [4.78, 5) is 22.3. The van der Waals surface area contributed by atoms with Gasteiger partial charge in [-0.3, -0.25) is 4.79 Å². The molecule has 0 unspecified atom stereocenters. The summed E-state index contributed by atoms with van der Waals surface area (Å²) in [5.74, 6) is 0.752. The van der Waals surface area contributed by atoms with E-state index in [9.17, 15) is 9.18 Å². The minimum atomic E-state index is -0.297. The molecular formula is C19H21BrFN3OS. The van der Waals surface area contributed by atoms with Gasteiger partial charge >= 0.3 is 0 Å². The Labute approximate surface area is 165 Å². The fraction of sp³-hybridized carbons (Fsp3) is 0.474. The van der Waals surface area contributed by atoms with Crippen molar-refractivity contribution in [1.29, 1.82) is 0 Å². The molecule has 0 radical (unpaired) electrons. The summed E-state index contributed by atoms with van der Waals surface area (Å²) >= 11 is 5.03. The summed E-state index contributed by atoms with van der Waals surface area (Å²) in [5.41, 5.74) is 1.31. The zero-order valence-corrected chi connectivity index (χ0v) is 16.9. The van der Waals surface area contributed by atoms with Crippen LogP contribution in [0.25, 0.3) is 0 Å². The van der Waals surface area contributed by atoms with Crippen molar-refractivity contribution in [2.75, 3.05) is 24.5 Å². The second kappa shape index (κ2) is 7.64. The van der Waals surface area contributed by atoms with E-state index in [0.717, 1.165) is 45.4 Å². The van der Waals surface area contributed by atoms with Crippen LogP contribution in [-0.2, 0) is 17.8 Å². The van der Waals surface area contributed by atoms with Gasteiger partial charge in [0.05, 0.1) is 0 Å². The van der Waals surface area contributed by atoms with Gasteiger partial charge in [-0.15, -0.1) is 11.3 Å². The molecule has 0 aromatic carbocycles. The Morgan fingerprint density at radius 3 is 2.92 bits per heavy atom. The van der Waals surface area contributed by atoms with Gasteiger partial charge in [0, 0.05) is 48.1 Å². The quantitative estimate of drug-likeness (QED) is 0.720. The molecule has 2 aliphatic rings. The van der Waals surface area contributed by atoms with Crippen molar-refractivity contribution >= 4 is 39.0 Å². The van der Waals surface area contributed by atoms with E-state index >= 15 is 0 Å². The highest BCUT2D eigenvalue weighted by molar-refractivity contribution is 9.10. The molecule has 1 amide bonds. The van der Waals surface area contributed by atoms with E-state index in [1.165, 1.54) is 16.5 Å². The summed E-state index contributed by atoms with van der Waals surface area (Å²) in [6.45, 7) is 3.08. The number of piperidine rings is 1. The molecule has 2 aromatic heterocycles. The van der Waals surface area contributed by atoms with Crippen LogP contribution in [0.2, 0.25) is 0 Å². The van der Waals surface area contributed by atoms with Crippen LogP contribution in [0.15, 0.2) is 28.2 Å². The molecule has 1 fully saturated rings. The average Bonchev–Trinajstić information content (AvgIpc) is 3.10. The first-order valence-electron chi connectivity index (χ1n) is 8.99. The van der Waals surface area contributed by atoms with E-state index in [1.807, 2.05) is 9.80 Å². The van der Waals surface area contributed by atoms with Gasteiger partial charge < -0.3 is 9.80 Å². The topological polar surface area (TPSA) is 36.4 Å². The van der Waals surface area contributed by atoms with Gasteiger partial charge in [0.1, 0.15) is 0 Å². The number of pyridine rings is 1. The lowest BCUT2D eigenvalue weighted by molar-refractivity contribution is -0.133. The second-order valence-electron chi connectivity index (χ2n) is 7.03. The third-order valence-electron chi connectivity index (χ3n) is 5.33. The predicted molar refractivity (Wildman–Crippen MR) is 105 cm³/mol. The molecular weight excluding hydrogens is 417 g/mol. The lowest BCUT2D eigenvalue weighted by Gasteiger charge is -2.34. The maximum absolute atomic E-state index is 14.1. The molecule has 4 heterocycles. The number of carbonyl (C=O) groups is 1. The van der Waals surface area contributed by atoms with E-state index < -0.39 is 0 Å². The van der Waals surface area contributed by atoms with E-state index in [1.54, 1.807) is 17.5 Å². The number of aromatic nitrogens is 1. The van der Waals surface area contributed by atoms with Crippen molar-refractivity contribution in [3.8, 4) is 0 Å². The molecule has 138 valence electrons. The lowest BCUT2D eigenvalue weighted by Crippen LogP contribution is -2.39. The highest BCUT2D eigenvalue weighted by Gasteiger charge is 2.27. The van der Waals surface area contributed by atoms with Crippen LogP contribution in [0, 0.1) is 11.7 Å². The van der Waals surface area contributed by atoms with Gasteiger partial charge in [0.15, 0.2) is 11.6 Å². The minimum Gasteiger partial charge on any atom is -0.354 e. The number of hydrogen-bond acceptors (Lipinski definition) is 4. The molecule has 4 nitrogen and oxygen atoms in total. The standard InChI is InChI=1S/C19H21BrFN3OS/c20-15-10-16(21)19(22-11-15)23-5-1-13(2-6-23)9-18(25)24-7-3-17-14(12-24)4-8-26-17/h4,8,10-11,13H,1-3,5-7,9,12H2. The van der Waals surface area contributed by atoms with Gasteiger partial charge in [-0.05, 0) is 64.2 Å². The summed E-state index contributed by atoms with van der Waals surface area (Å²) in [6, 6.07) is 3.59. The first kappa shape index (κ1) is 17.9. The molecule has 1 saturated heterocycles. The van der Waals surface area contributed by atoms with Crippen LogP contribution in [0.1, 0.15) is 29.7 Å². The van der Waals surface area contributed by atoms with Gasteiger partial charge in [0.25, 0.3) is 0 Å². The number of halogens is 2. The van der Waals surface area contributed by atoms with Crippen molar-refractivity contribution in [2.45, 2.75) is 32.2 Å². The smallest absolute Gasteiger partial charge is 0.223 e. The van der Waals surface area contributed by atoms with Crippen molar-refractivity contribution in [3.63, 3.8) is 0 Å². The van der Waals surface area contributed by atoms with Gasteiger partial charge in [-0.1, -0.05) is 0 Å². The SMILES string of the molecule is O=C(CC1CCN(c2ncc(Br)cc2F)CC1)N1CCc2sccc2C1. The van der Waals surface area contributed by atoms with Crippen molar-refractivity contribution in [3.05, 3.63) is 44.4 Å². The maximum Gasteiger partial charge on any atom is 0.223 e. The first-order valence-corrected chi connectivity index (χ1v) is 10.7. The Kier molecular flexibility index (Phi) is 5.27. The summed E-state index contributed by atoms with van der Waals surface area (Å²) in [7, 11) is 0. The maximum atomic E-state index is 14.1. The van der Waals surface area contributed by atoms with E-state index in [-0.39, 0.29) is 11.7 Å². The molecule has 4 rings (SSSR count). The molecule has 0 spiro atoms. The fourth-order valence-electron chi connectivity index (χ4n) is 3.83. The zero-order valence-electron chi connectivity index (χ0n) is 14.5. The normalized spacial score (nSPS) is 18.1. The van der Waals surface area contributed by atoms with Gasteiger partial charge in [-0.25, -0.2) is 9.37 Å². The second-order valence-corrected chi connectivity index (χ2v) is 8.94. The number of rotatable bonds is 3. The van der Waals surface area contributed by atoms with Crippen LogP contribution in [0.5, 0.6) is 0 Å². The molecule has 0 atom stereocenters. The van der Waals surface area contributed by atoms with Crippen molar-refractivity contribution in [2.24, 2.45) is 5.92 Å². The third kappa shape index (κ3) is 3.78. The Morgan fingerprint density at radius 2 is 2.15 bits per heavy atom. The summed E-state index contributed by atoms with van der Waals surface area (Å²) in [5, 5.41) is 2.11. The van der Waals surface area contributed by atoms with Crippen LogP contribution >= 0.6 is 27.3 Å². The zero-order chi connectivity index (χ0) is 18.1. The monoisotopic (exact) mass is 437 g/mol. The predicted octanol–water partition coefficient (Wildman–Crippen LogP) is 4.24. The summed E-state index contributed by atoms with van der Waals surface area (Å²) < 4.78 is 14.7. The van der Waals surface area contributed by atoms with E-state index in [2.05, 4.69) is 32.4 Å². The Morgan fingerprint density at radius 1 is 1.35 bits per heavy atom. The largest absolute Gasteiger partial charge is 0.354 e. The number of carbonyl (C=O) groups excluding carboxylic acids is 1. The number of thiophene rings is 1. The fourth-order valence-corrected chi connectivity index (χ4v) is 5.02. The number of hydrogen-bond donors (Lipinski definition) is 0. The molecule has 2 aromatic rings. The molecule has 0 aliphatic carbocycles. The Bertz CT molecular complexity index is 804. The molecule has 0 bridgehead atoms. The van der Waals surface area contributed by atoms with Crippen LogP contribution < -0.4 is 4.90 Å². The third-order valence-corrected chi connectivity index (χ3v) is 6.78. The first-order chi connectivity index (χ1) is 12.6. The molecule has 0 saturated carbocycles. The van der Waals surface area contributed by atoms with Crippen LogP contribution in [0.4, 0.5) is 10.2 Å². The van der Waals surface area contributed by atoms with Gasteiger partial charge in [-0.2, -0.15) is 0 Å². The van der Waals surface area contributed by atoms with Crippen LogP contribution in [-0.4, -0.2) is 35.4 Å². The minimum absolute atomic E-state index is 0.258. The Balaban J connectivity index is 1.30. The number of amides is 1. The molecule has 26 heavy (non-hydrogen) atoms. The average molecular weight is 438 g/mol. The van der Waals surface area contributed by atoms with Gasteiger partial charge in [0.2, 0.25) is 5.91 Å². The van der Waals surface area contributed by atoms with E-state index in [0.29, 0.717) is 22.6 Å². The van der Waals surface area contributed by atoms with E-state index in [4.69, 9.17) is 0 Å². The number of nitrogens with zero attached hydrogens (tertiary/aromatic N) is 3. The highest BCUT2D eigenvalue weighted by Crippen LogP contribution is 2.29. The molecule has 2 aliphatic heterocycles. The molecule has 0 N–H and O–H groups in total. The number of fused-ring (bicyclic) bond motifs is 1. The molecule has 7 heteroatoms. The number of anilines is 1. The summed E-state index contributed by atoms with van der Waals surface area (Å²) in [6.07, 6.45) is 5.01.